The molecule has 0 saturated heterocycles. The van der Waals surface area contributed by atoms with Crippen LogP contribution in [0.4, 0.5) is 0 Å². The molecule has 1 saturated carbocycles. The molecule has 0 aromatic heterocycles. The Morgan fingerprint density at radius 3 is 2.94 bits per heavy atom. The minimum Gasteiger partial charge on any atom is -0.490 e. The zero-order valence-electron chi connectivity index (χ0n) is 10.2. The molecule has 1 aromatic rings. The van der Waals surface area contributed by atoms with Crippen LogP contribution in [0.5, 0.6) is 5.75 Å². The van der Waals surface area contributed by atoms with Gasteiger partial charge in [-0.1, -0.05) is 18.7 Å². The fraction of sp³-hybridized carbons (Fsp3) is 0.467. The van der Waals surface area contributed by atoms with E-state index in [2.05, 4.69) is 24.0 Å². The number of rotatable bonds is 3. The summed E-state index contributed by atoms with van der Waals surface area (Å²) in [6, 6.07) is 4.31. The van der Waals surface area contributed by atoms with Gasteiger partial charge in [-0.05, 0) is 49.4 Å². The molecule has 1 heterocycles. The van der Waals surface area contributed by atoms with Gasteiger partial charge >= 0.3 is 0 Å². The lowest BCUT2D eigenvalue weighted by Crippen LogP contribution is -2.27. The van der Waals surface area contributed by atoms with E-state index >= 15 is 0 Å². The van der Waals surface area contributed by atoms with Gasteiger partial charge < -0.3 is 10.1 Å². The second kappa shape index (κ2) is 4.53. The average molecular weight is 229 g/mol. The zero-order valence-corrected chi connectivity index (χ0v) is 10.2. The van der Waals surface area contributed by atoms with Crippen LogP contribution in [0.15, 0.2) is 18.7 Å². The van der Waals surface area contributed by atoms with E-state index in [1.54, 1.807) is 0 Å². The highest BCUT2D eigenvalue weighted by Gasteiger charge is 2.22. The van der Waals surface area contributed by atoms with Crippen LogP contribution in [-0.2, 0) is 13.0 Å². The Balaban J connectivity index is 1.94. The maximum atomic E-state index is 6.05. The summed E-state index contributed by atoms with van der Waals surface area (Å²) in [7, 11) is 0. The van der Waals surface area contributed by atoms with Crippen LogP contribution in [0.1, 0.15) is 36.0 Å². The van der Waals surface area contributed by atoms with Gasteiger partial charge in [0.15, 0.2) is 0 Å². The summed E-state index contributed by atoms with van der Waals surface area (Å²) < 4.78 is 6.05. The Morgan fingerprint density at radius 1 is 1.35 bits per heavy atom. The van der Waals surface area contributed by atoms with E-state index in [9.17, 15) is 0 Å². The smallest absolute Gasteiger partial charge is 0.127 e. The molecular weight excluding hydrogens is 210 g/mol. The van der Waals surface area contributed by atoms with E-state index in [-0.39, 0.29) is 0 Å². The third-order valence-electron chi connectivity index (χ3n) is 3.83. The van der Waals surface area contributed by atoms with Crippen LogP contribution < -0.4 is 10.1 Å². The molecule has 2 heteroatoms. The fourth-order valence-corrected chi connectivity index (χ4v) is 2.58. The first-order valence-electron chi connectivity index (χ1n) is 6.53. The van der Waals surface area contributed by atoms with Gasteiger partial charge in [0.25, 0.3) is 0 Å². The minimum absolute atomic E-state index is 0.438. The van der Waals surface area contributed by atoms with Crippen LogP contribution in [0.25, 0.3) is 6.08 Å². The summed E-state index contributed by atoms with van der Waals surface area (Å²) in [5.74, 6) is 1.03. The van der Waals surface area contributed by atoms with Crippen molar-refractivity contribution < 1.29 is 4.74 Å². The molecule has 0 radical (unpaired) electrons. The van der Waals surface area contributed by atoms with Crippen LogP contribution >= 0.6 is 0 Å². The van der Waals surface area contributed by atoms with Crippen molar-refractivity contribution in [2.24, 2.45) is 0 Å². The van der Waals surface area contributed by atoms with Crippen molar-refractivity contribution in [3.8, 4) is 5.75 Å². The molecule has 0 bridgehead atoms. The molecule has 2 aliphatic rings. The normalized spacial score (nSPS) is 19.3. The first kappa shape index (κ1) is 10.8. The molecule has 0 unspecified atom stereocenters. The monoisotopic (exact) mass is 229 g/mol. The van der Waals surface area contributed by atoms with Gasteiger partial charge in [0.1, 0.15) is 5.75 Å². The second-order valence-electron chi connectivity index (χ2n) is 4.92. The molecule has 0 spiro atoms. The second-order valence-corrected chi connectivity index (χ2v) is 4.92. The standard InChI is InChI=1S/C15H19NO/c1-2-13-14-8-9-16-10-11(14)6-7-15(13)17-12-4-3-5-12/h2,6-7,12,16H,1,3-5,8-10H2. The maximum absolute atomic E-state index is 6.05. The highest BCUT2D eigenvalue weighted by atomic mass is 16.5. The third kappa shape index (κ3) is 1.98. The quantitative estimate of drug-likeness (QED) is 0.860. The molecule has 2 nitrogen and oxygen atoms in total. The summed E-state index contributed by atoms with van der Waals surface area (Å²) in [6.07, 6.45) is 7.19. The Labute approximate surface area is 103 Å². The van der Waals surface area contributed by atoms with Crippen LogP contribution in [0.3, 0.4) is 0 Å². The van der Waals surface area contributed by atoms with Crippen molar-refractivity contribution >= 4 is 6.08 Å². The molecule has 17 heavy (non-hydrogen) atoms. The third-order valence-corrected chi connectivity index (χ3v) is 3.83. The van der Waals surface area contributed by atoms with Gasteiger partial charge in [-0.25, -0.2) is 0 Å². The van der Waals surface area contributed by atoms with E-state index in [4.69, 9.17) is 4.74 Å². The summed E-state index contributed by atoms with van der Waals surface area (Å²) in [4.78, 5) is 0. The van der Waals surface area contributed by atoms with Gasteiger partial charge in [0.05, 0.1) is 6.10 Å². The van der Waals surface area contributed by atoms with E-state index in [0.29, 0.717) is 6.10 Å². The molecule has 3 rings (SSSR count). The predicted molar refractivity (Wildman–Crippen MR) is 70.2 cm³/mol. The van der Waals surface area contributed by atoms with Crippen molar-refractivity contribution in [3.05, 3.63) is 35.4 Å². The lowest BCUT2D eigenvalue weighted by molar-refractivity contribution is 0.120. The number of ether oxygens (including phenoxy) is 1. The average Bonchev–Trinajstić information content (AvgIpc) is 2.33. The maximum Gasteiger partial charge on any atom is 0.127 e. The number of hydrogen-bond acceptors (Lipinski definition) is 2. The Bertz CT molecular complexity index is 435. The Hall–Kier alpha value is -1.28. The Morgan fingerprint density at radius 2 is 2.24 bits per heavy atom. The van der Waals surface area contributed by atoms with Crippen LogP contribution in [-0.4, -0.2) is 12.6 Å². The number of benzene rings is 1. The summed E-state index contributed by atoms with van der Waals surface area (Å²) in [5, 5.41) is 3.40. The van der Waals surface area contributed by atoms with Crippen molar-refractivity contribution in [3.63, 3.8) is 0 Å². The van der Waals surface area contributed by atoms with Gasteiger partial charge in [-0.3, -0.25) is 0 Å². The zero-order chi connectivity index (χ0) is 11.7. The molecule has 1 N–H and O–H groups in total. The molecule has 1 aliphatic carbocycles. The summed E-state index contributed by atoms with van der Waals surface area (Å²) in [5.41, 5.74) is 4.04. The molecule has 90 valence electrons. The summed E-state index contributed by atoms with van der Waals surface area (Å²) >= 11 is 0. The van der Waals surface area contributed by atoms with Crippen molar-refractivity contribution in [1.29, 1.82) is 0 Å². The lowest BCUT2D eigenvalue weighted by Gasteiger charge is -2.29. The first-order valence-corrected chi connectivity index (χ1v) is 6.53. The van der Waals surface area contributed by atoms with Gasteiger partial charge in [0.2, 0.25) is 0 Å². The SMILES string of the molecule is C=Cc1c(OC2CCC2)ccc2c1CCNC2. The molecule has 1 aliphatic heterocycles. The molecule has 0 amide bonds. The topological polar surface area (TPSA) is 21.3 Å². The first-order chi connectivity index (χ1) is 8.38. The van der Waals surface area contributed by atoms with Crippen molar-refractivity contribution in [1.82, 2.24) is 5.32 Å². The number of fused-ring (bicyclic) bond motifs is 1. The molecule has 1 aromatic carbocycles. The van der Waals surface area contributed by atoms with Crippen LogP contribution in [0.2, 0.25) is 0 Å². The van der Waals surface area contributed by atoms with Crippen molar-refractivity contribution in [2.45, 2.75) is 38.3 Å². The van der Waals surface area contributed by atoms with E-state index in [0.717, 1.165) is 25.3 Å². The predicted octanol–water partition coefficient (Wildman–Crippen LogP) is 2.91. The largest absolute Gasteiger partial charge is 0.490 e. The van der Waals surface area contributed by atoms with E-state index < -0.39 is 0 Å². The number of nitrogens with one attached hydrogen (secondary N) is 1. The van der Waals surface area contributed by atoms with E-state index in [1.807, 2.05) is 6.08 Å². The molecule has 0 atom stereocenters. The van der Waals surface area contributed by atoms with Crippen LogP contribution in [0, 0.1) is 0 Å². The molecular formula is C15H19NO. The van der Waals surface area contributed by atoms with Gasteiger partial charge in [-0.15, -0.1) is 0 Å². The van der Waals surface area contributed by atoms with Crippen molar-refractivity contribution in [2.75, 3.05) is 6.54 Å². The highest BCUT2D eigenvalue weighted by Crippen LogP contribution is 2.32. The highest BCUT2D eigenvalue weighted by molar-refractivity contribution is 5.62. The lowest BCUT2D eigenvalue weighted by atomic mass is 9.93. The molecule has 1 fully saturated rings. The van der Waals surface area contributed by atoms with E-state index in [1.165, 1.54) is 36.0 Å². The fourth-order valence-electron chi connectivity index (χ4n) is 2.58. The number of hydrogen-bond donors (Lipinski definition) is 1. The Kier molecular flexibility index (Phi) is 2.89. The summed E-state index contributed by atoms with van der Waals surface area (Å²) in [6.45, 7) is 5.98. The van der Waals surface area contributed by atoms with Gasteiger partial charge in [0, 0.05) is 12.1 Å². The van der Waals surface area contributed by atoms with Gasteiger partial charge in [-0.2, -0.15) is 0 Å². The minimum atomic E-state index is 0.438.